The van der Waals surface area contributed by atoms with E-state index in [1.54, 1.807) is 18.0 Å². The topological polar surface area (TPSA) is 63.1 Å². The van der Waals surface area contributed by atoms with Crippen LogP contribution in [0.15, 0.2) is 61.2 Å². The number of carbonyl (C=O) groups is 1. The summed E-state index contributed by atoms with van der Waals surface area (Å²) < 4.78 is 7.87. The van der Waals surface area contributed by atoms with E-state index in [0.717, 1.165) is 22.7 Å². The normalized spacial score (nSPS) is 10.6. The first kappa shape index (κ1) is 21.5. The van der Waals surface area contributed by atoms with Gasteiger partial charge in [-0.25, -0.2) is 0 Å². The second-order valence-electron chi connectivity index (χ2n) is 7.11. The molecule has 30 heavy (non-hydrogen) atoms. The monoisotopic (exact) mass is 422 g/mol. The quantitative estimate of drug-likeness (QED) is 0.406. The second-order valence-corrected chi connectivity index (χ2v) is 7.50. The Morgan fingerprint density at radius 2 is 1.93 bits per heavy atom. The third-order valence-corrected chi connectivity index (χ3v) is 5.07. The molecule has 0 fully saturated rings. The number of benzene rings is 2. The maximum Gasteiger partial charge on any atom is 0.224 e. The van der Waals surface area contributed by atoms with Crippen LogP contribution < -0.4 is 4.74 Å². The Hall–Kier alpha value is -3.19. The van der Waals surface area contributed by atoms with Crippen molar-refractivity contribution in [1.82, 2.24) is 19.7 Å². The third-order valence-electron chi connectivity index (χ3n) is 4.75. The Bertz CT molecular complexity index is 1050. The summed E-state index contributed by atoms with van der Waals surface area (Å²) in [5, 5.41) is 7.17. The lowest BCUT2D eigenvalue weighted by atomic mass is 10.1. The summed E-state index contributed by atoms with van der Waals surface area (Å²) in [6, 6.07) is 15.8. The van der Waals surface area contributed by atoms with Gasteiger partial charge < -0.3 is 9.64 Å². The van der Waals surface area contributed by atoms with Crippen molar-refractivity contribution in [2.24, 2.45) is 0 Å². The van der Waals surface area contributed by atoms with Crippen molar-refractivity contribution in [2.75, 3.05) is 13.7 Å². The number of hydrogen-bond acceptors (Lipinski definition) is 4. The molecule has 0 atom stereocenters. The first-order chi connectivity index (χ1) is 14.5. The Morgan fingerprint density at radius 3 is 2.60 bits per heavy atom. The molecule has 0 bridgehead atoms. The van der Waals surface area contributed by atoms with Gasteiger partial charge in [0.25, 0.3) is 0 Å². The number of amides is 1. The minimum atomic E-state index is 0.0416. The molecule has 1 heterocycles. The summed E-state index contributed by atoms with van der Waals surface area (Å²) in [6.07, 6.45) is 2.04. The number of H-pyrrole nitrogens is 1. The molecule has 156 valence electrons. The minimum absolute atomic E-state index is 0.0416. The molecule has 0 saturated heterocycles. The van der Waals surface area contributed by atoms with E-state index in [0.29, 0.717) is 30.9 Å². The number of nitrogens with one attached hydrogen (secondary N) is 1. The molecule has 2 aromatic carbocycles. The summed E-state index contributed by atoms with van der Waals surface area (Å²) in [7, 11) is 1.81. The highest BCUT2D eigenvalue weighted by Gasteiger charge is 2.13. The molecule has 0 aliphatic heterocycles. The molecule has 1 amide bonds. The van der Waals surface area contributed by atoms with Crippen LogP contribution in [0.5, 0.6) is 5.75 Å². The number of aromatic nitrogens is 3. The van der Waals surface area contributed by atoms with Gasteiger partial charge in [0.05, 0.1) is 0 Å². The van der Waals surface area contributed by atoms with Crippen LogP contribution >= 0.6 is 12.2 Å². The maximum atomic E-state index is 12.7. The fraction of sp³-hybridized carbons (Fsp3) is 0.261. The summed E-state index contributed by atoms with van der Waals surface area (Å²) >= 11 is 5.37. The molecule has 0 spiro atoms. The van der Waals surface area contributed by atoms with Crippen molar-refractivity contribution in [1.29, 1.82) is 0 Å². The van der Waals surface area contributed by atoms with Crippen molar-refractivity contribution < 1.29 is 9.53 Å². The van der Waals surface area contributed by atoms with Crippen molar-refractivity contribution in [3.8, 4) is 17.1 Å². The average Bonchev–Trinajstić information content (AvgIpc) is 3.12. The molecule has 3 aromatic rings. The van der Waals surface area contributed by atoms with E-state index in [1.165, 1.54) is 5.56 Å². The van der Waals surface area contributed by atoms with E-state index < -0.39 is 0 Å². The Kier molecular flexibility index (Phi) is 7.19. The molecule has 6 nitrogen and oxygen atoms in total. The number of carbonyl (C=O) groups excluding carboxylic acids is 1. The van der Waals surface area contributed by atoms with Gasteiger partial charge in [-0.05, 0) is 36.8 Å². The van der Waals surface area contributed by atoms with Crippen LogP contribution in [0.1, 0.15) is 17.5 Å². The van der Waals surface area contributed by atoms with Crippen LogP contribution in [0.2, 0.25) is 0 Å². The third kappa shape index (κ3) is 5.45. The van der Waals surface area contributed by atoms with Gasteiger partial charge in [-0.3, -0.25) is 14.5 Å². The molecule has 1 aromatic heterocycles. The fourth-order valence-electron chi connectivity index (χ4n) is 3.05. The number of rotatable bonds is 9. The van der Waals surface area contributed by atoms with Gasteiger partial charge in [0.2, 0.25) is 5.91 Å². The SMILES string of the molecule is C=CCOc1ccc(CN(C)C(=O)CCn2c(-c3ccc(C)cc3)n[nH]c2=S)cc1. The van der Waals surface area contributed by atoms with Crippen LogP contribution in [-0.4, -0.2) is 39.2 Å². The summed E-state index contributed by atoms with van der Waals surface area (Å²) in [5.74, 6) is 1.57. The van der Waals surface area contributed by atoms with Gasteiger partial charge in [-0.2, -0.15) is 5.10 Å². The van der Waals surface area contributed by atoms with Crippen molar-refractivity contribution in [2.45, 2.75) is 26.4 Å². The highest BCUT2D eigenvalue weighted by molar-refractivity contribution is 7.71. The lowest BCUT2D eigenvalue weighted by Crippen LogP contribution is -2.27. The summed E-state index contributed by atoms with van der Waals surface area (Å²) in [5.41, 5.74) is 3.18. The predicted octanol–water partition coefficient (Wildman–Crippen LogP) is 4.53. The molecule has 0 radical (unpaired) electrons. The molecule has 0 unspecified atom stereocenters. The van der Waals surface area contributed by atoms with Crippen molar-refractivity contribution in [3.63, 3.8) is 0 Å². The van der Waals surface area contributed by atoms with Crippen LogP contribution in [0.3, 0.4) is 0 Å². The van der Waals surface area contributed by atoms with E-state index in [9.17, 15) is 4.79 Å². The van der Waals surface area contributed by atoms with Crippen LogP contribution in [0.4, 0.5) is 0 Å². The van der Waals surface area contributed by atoms with E-state index in [2.05, 4.69) is 16.8 Å². The zero-order valence-corrected chi connectivity index (χ0v) is 18.1. The smallest absolute Gasteiger partial charge is 0.224 e. The van der Waals surface area contributed by atoms with Crippen LogP contribution in [-0.2, 0) is 17.9 Å². The molecular formula is C23H26N4O2S. The number of aromatic amines is 1. The molecule has 0 aliphatic rings. The first-order valence-electron chi connectivity index (χ1n) is 9.77. The van der Waals surface area contributed by atoms with Gasteiger partial charge >= 0.3 is 0 Å². The number of aryl methyl sites for hydroxylation is 1. The minimum Gasteiger partial charge on any atom is -0.490 e. The van der Waals surface area contributed by atoms with E-state index >= 15 is 0 Å². The van der Waals surface area contributed by atoms with Crippen molar-refractivity contribution in [3.05, 3.63) is 77.1 Å². The average molecular weight is 423 g/mol. The lowest BCUT2D eigenvalue weighted by Gasteiger charge is -2.18. The van der Waals surface area contributed by atoms with E-state index in [4.69, 9.17) is 17.0 Å². The molecule has 7 heteroatoms. The van der Waals surface area contributed by atoms with Gasteiger partial charge in [0.15, 0.2) is 10.6 Å². The van der Waals surface area contributed by atoms with Crippen LogP contribution in [0, 0.1) is 11.7 Å². The highest BCUT2D eigenvalue weighted by atomic mass is 32.1. The number of nitrogens with zero attached hydrogens (tertiary/aromatic N) is 3. The highest BCUT2D eigenvalue weighted by Crippen LogP contribution is 2.19. The molecule has 1 N–H and O–H groups in total. The standard InChI is InChI=1S/C23H26N4O2S/c1-4-15-29-20-11-7-18(8-12-20)16-26(3)21(28)13-14-27-22(24-25-23(27)30)19-9-5-17(2)6-10-19/h4-12H,1,13-16H2,2-3H3,(H,25,30). The zero-order valence-electron chi connectivity index (χ0n) is 17.3. The maximum absolute atomic E-state index is 12.7. The van der Waals surface area contributed by atoms with Gasteiger partial charge in [-0.1, -0.05) is 54.6 Å². The molecule has 0 saturated carbocycles. The van der Waals surface area contributed by atoms with Crippen LogP contribution in [0.25, 0.3) is 11.4 Å². The second kappa shape index (κ2) is 10.0. The number of hydrogen-bond donors (Lipinski definition) is 1. The zero-order chi connectivity index (χ0) is 21.5. The van der Waals surface area contributed by atoms with E-state index in [1.807, 2.05) is 60.0 Å². The Morgan fingerprint density at radius 1 is 1.23 bits per heavy atom. The van der Waals surface area contributed by atoms with Crippen molar-refractivity contribution >= 4 is 18.1 Å². The Balaban J connectivity index is 1.60. The molecule has 3 rings (SSSR count). The van der Waals surface area contributed by atoms with Gasteiger partial charge in [-0.15, -0.1) is 0 Å². The summed E-state index contributed by atoms with van der Waals surface area (Å²) in [6.45, 7) is 7.14. The van der Waals surface area contributed by atoms with Gasteiger partial charge in [0.1, 0.15) is 12.4 Å². The first-order valence-corrected chi connectivity index (χ1v) is 10.2. The van der Waals surface area contributed by atoms with E-state index in [-0.39, 0.29) is 5.91 Å². The molecule has 0 aliphatic carbocycles. The summed E-state index contributed by atoms with van der Waals surface area (Å²) in [4.78, 5) is 14.4. The fourth-order valence-corrected chi connectivity index (χ4v) is 3.28. The lowest BCUT2D eigenvalue weighted by molar-refractivity contribution is -0.130. The largest absolute Gasteiger partial charge is 0.490 e. The Labute approximate surface area is 181 Å². The predicted molar refractivity (Wildman–Crippen MR) is 121 cm³/mol. The van der Waals surface area contributed by atoms with Gasteiger partial charge in [0, 0.05) is 32.1 Å². The molecular weight excluding hydrogens is 396 g/mol. The number of ether oxygens (including phenoxy) is 1.